The van der Waals surface area contributed by atoms with Gasteiger partial charge in [-0.25, -0.2) is 0 Å². The van der Waals surface area contributed by atoms with E-state index in [4.69, 9.17) is 4.74 Å². The van der Waals surface area contributed by atoms with Crippen LogP contribution in [-0.4, -0.2) is 23.1 Å². The minimum absolute atomic E-state index is 0.0381. The molecule has 20 heavy (non-hydrogen) atoms. The Hall–Kier alpha value is -1.06. The fraction of sp³-hybridized carbons (Fsp3) is 0.875. The third kappa shape index (κ3) is 5.14. The maximum Gasteiger partial charge on any atom is 0.310 e. The molecule has 0 bridgehead atoms. The number of unbranched alkanes of at least 4 members (excludes halogenated alkanes) is 1. The molecule has 0 amide bonds. The van der Waals surface area contributed by atoms with Crippen molar-refractivity contribution in [3.05, 3.63) is 0 Å². The van der Waals surface area contributed by atoms with Crippen LogP contribution in [0.2, 0.25) is 0 Å². The van der Waals surface area contributed by atoms with Crippen molar-refractivity contribution in [2.45, 2.75) is 77.7 Å². The van der Waals surface area contributed by atoms with E-state index in [1.165, 1.54) is 0 Å². The van der Waals surface area contributed by atoms with Gasteiger partial charge in [0.15, 0.2) is 0 Å². The summed E-state index contributed by atoms with van der Waals surface area (Å²) in [5.41, 5.74) is 0. The van der Waals surface area contributed by atoms with E-state index in [1.54, 1.807) is 0 Å². The highest BCUT2D eigenvalue weighted by molar-refractivity contribution is 5.81. The molecular weight excluding hydrogens is 256 g/mol. The number of ether oxygens (including phenoxy) is 1. The molecule has 4 nitrogen and oxygen atoms in total. The van der Waals surface area contributed by atoms with E-state index in [2.05, 4.69) is 13.8 Å². The number of hydrogen-bond acceptors (Lipinski definition) is 3. The standard InChI is InChI=1S/C16H28O4/c1-3-5-9-12(8-4-2)20-16(19)14-11-7-6-10-13(14)15(17)18/h12-14H,3-11H2,1-2H3,(H,17,18). The molecule has 1 aliphatic carbocycles. The molecule has 0 heterocycles. The predicted molar refractivity (Wildman–Crippen MR) is 77.4 cm³/mol. The Morgan fingerprint density at radius 3 is 2.30 bits per heavy atom. The van der Waals surface area contributed by atoms with Crippen LogP contribution in [0.1, 0.15) is 71.6 Å². The number of esters is 1. The molecular formula is C16H28O4. The fourth-order valence-electron chi connectivity index (χ4n) is 2.98. The van der Waals surface area contributed by atoms with Crippen molar-refractivity contribution in [2.75, 3.05) is 0 Å². The highest BCUT2D eigenvalue weighted by atomic mass is 16.5. The van der Waals surface area contributed by atoms with Crippen molar-refractivity contribution in [1.82, 2.24) is 0 Å². The Kier molecular flexibility index (Phi) is 7.63. The molecule has 1 fully saturated rings. The average molecular weight is 284 g/mol. The van der Waals surface area contributed by atoms with Gasteiger partial charge in [0, 0.05) is 0 Å². The number of hydrogen-bond donors (Lipinski definition) is 1. The van der Waals surface area contributed by atoms with Gasteiger partial charge in [0.2, 0.25) is 0 Å². The van der Waals surface area contributed by atoms with Crippen LogP contribution in [0.4, 0.5) is 0 Å². The van der Waals surface area contributed by atoms with Crippen molar-refractivity contribution in [1.29, 1.82) is 0 Å². The summed E-state index contributed by atoms with van der Waals surface area (Å²) in [6.45, 7) is 4.19. The van der Waals surface area contributed by atoms with E-state index in [-0.39, 0.29) is 12.1 Å². The summed E-state index contributed by atoms with van der Waals surface area (Å²) in [7, 11) is 0. The minimum atomic E-state index is -0.854. The Balaban J connectivity index is 2.58. The van der Waals surface area contributed by atoms with Gasteiger partial charge in [-0.05, 0) is 25.7 Å². The number of rotatable bonds is 8. The number of aliphatic carboxylic acids is 1. The molecule has 0 aromatic carbocycles. The van der Waals surface area contributed by atoms with E-state index in [0.717, 1.165) is 44.9 Å². The summed E-state index contributed by atoms with van der Waals surface area (Å²) in [5.74, 6) is -2.13. The van der Waals surface area contributed by atoms with E-state index in [1.807, 2.05) is 0 Å². The van der Waals surface area contributed by atoms with E-state index in [9.17, 15) is 14.7 Å². The van der Waals surface area contributed by atoms with E-state index in [0.29, 0.717) is 12.8 Å². The third-order valence-corrected chi connectivity index (χ3v) is 4.16. The molecule has 0 aliphatic heterocycles. The van der Waals surface area contributed by atoms with Gasteiger partial charge in [-0.3, -0.25) is 9.59 Å². The monoisotopic (exact) mass is 284 g/mol. The maximum absolute atomic E-state index is 12.3. The topological polar surface area (TPSA) is 63.6 Å². The molecule has 116 valence electrons. The highest BCUT2D eigenvalue weighted by Crippen LogP contribution is 2.32. The molecule has 1 aliphatic rings. The van der Waals surface area contributed by atoms with Crippen molar-refractivity contribution in [3.63, 3.8) is 0 Å². The molecule has 4 heteroatoms. The van der Waals surface area contributed by atoms with Gasteiger partial charge < -0.3 is 9.84 Å². The zero-order valence-electron chi connectivity index (χ0n) is 12.8. The van der Waals surface area contributed by atoms with Gasteiger partial charge in [0.25, 0.3) is 0 Å². The number of carbonyl (C=O) groups is 2. The first-order valence-corrected chi connectivity index (χ1v) is 8.03. The lowest BCUT2D eigenvalue weighted by atomic mass is 9.79. The molecule has 3 atom stereocenters. The summed E-state index contributed by atoms with van der Waals surface area (Å²) in [6.07, 6.45) is 7.91. The number of carboxylic acids is 1. The summed E-state index contributed by atoms with van der Waals surface area (Å²) < 4.78 is 5.61. The summed E-state index contributed by atoms with van der Waals surface area (Å²) >= 11 is 0. The molecule has 1 N–H and O–H groups in total. The number of carboxylic acid groups (broad SMARTS) is 1. The summed E-state index contributed by atoms with van der Waals surface area (Å²) in [4.78, 5) is 23.5. The summed E-state index contributed by atoms with van der Waals surface area (Å²) in [6, 6.07) is 0. The van der Waals surface area contributed by atoms with Gasteiger partial charge in [0.1, 0.15) is 6.10 Å². The van der Waals surface area contributed by atoms with Gasteiger partial charge >= 0.3 is 11.9 Å². The van der Waals surface area contributed by atoms with E-state index >= 15 is 0 Å². The Morgan fingerprint density at radius 2 is 1.75 bits per heavy atom. The van der Waals surface area contributed by atoms with Gasteiger partial charge in [0.05, 0.1) is 11.8 Å². The van der Waals surface area contributed by atoms with E-state index < -0.39 is 17.8 Å². The van der Waals surface area contributed by atoms with Crippen LogP contribution < -0.4 is 0 Å². The van der Waals surface area contributed by atoms with Crippen molar-refractivity contribution in [2.24, 2.45) is 11.8 Å². The SMILES string of the molecule is CCCCC(CCC)OC(=O)C1CCCCC1C(=O)O. The summed E-state index contributed by atoms with van der Waals surface area (Å²) in [5, 5.41) is 9.23. The minimum Gasteiger partial charge on any atom is -0.481 e. The Labute approximate surface area is 121 Å². The van der Waals surface area contributed by atoms with Crippen molar-refractivity contribution >= 4 is 11.9 Å². The first kappa shape index (κ1) is 17.0. The molecule has 1 rings (SSSR count). The Morgan fingerprint density at radius 1 is 1.10 bits per heavy atom. The van der Waals surface area contributed by atoms with Crippen LogP contribution in [0.5, 0.6) is 0 Å². The molecule has 0 aromatic rings. The smallest absolute Gasteiger partial charge is 0.310 e. The highest BCUT2D eigenvalue weighted by Gasteiger charge is 2.37. The third-order valence-electron chi connectivity index (χ3n) is 4.16. The molecule has 0 radical (unpaired) electrons. The second-order valence-electron chi connectivity index (χ2n) is 5.83. The molecule has 0 saturated heterocycles. The predicted octanol–water partition coefficient (Wildman–Crippen LogP) is 3.78. The van der Waals surface area contributed by atoms with Crippen LogP contribution in [0, 0.1) is 11.8 Å². The Bertz CT molecular complexity index is 314. The number of carbonyl (C=O) groups excluding carboxylic acids is 1. The quantitative estimate of drug-likeness (QED) is 0.689. The molecule has 1 saturated carbocycles. The van der Waals surface area contributed by atoms with Crippen LogP contribution in [0.25, 0.3) is 0 Å². The van der Waals surface area contributed by atoms with Crippen LogP contribution in [-0.2, 0) is 14.3 Å². The zero-order valence-corrected chi connectivity index (χ0v) is 12.8. The molecule has 0 aromatic heterocycles. The van der Waals surface area contributed by atoms with Crippen LogP contribution >= 0.6 is 0 Å². The lowest BCUT2D eigenvalue weighted by molar-refractivity contribution is -0.164. The average Bonchev–Trinajstić information content (AvgIpc) is 2.44. The van der Waals surface area contributed by atoms with Crippen molar-refractivity contribution in [3.8, 4) is 0 Å². The molecule has 0 spiro atoms. The van der Waals surface area contributed by atoms with Crippen molar-refractivity contribution < 1.29 is 19.4 Å². The van der Waals surface area contributed by atoms with Gasteiger partial charge in [-0.1, -0.05) is 46.0 Å². The first-order chi connectivity index (χ1) is 9.60. The fourth-order valence-corrected chi connectivity index (χ4v) is 2.98. The van der Waals surface area contributed by atoms with Crippen LogP contribution in [0.15, 0.2) is 0 Å². The largest absolute Gasteiger partial charge is 0.481 e. The zero-order chi connectivity index (χ0) is 15.0. The maximum atomic E-state index is 12.3. The molecule has 3 unspecified atom stereocenters. The van der Waals surface area contributed by atoms with Gasteiger partial charge in [-0.2, -0.15) is 0 Å². The second-order valence-corrected chi connectivity index (χ2v) is 5.83. The van der Waals surface area contributed by atoms with Crippen LogP contribution in [0.3, 0.4) is 0 Å². The normalized spacial score (nSPS) is 24.1. The second kappa shape index (κ2) is 8.98. The van der Waals surface area contributed by atoms with Gasteiger partial charge in [-0.15, -0.1) is 0 Å². The lowest BCUT2D eigenvalue weighted by Gasteiger charge is -2.28. The first-order valence-electron chi connectivity index (χ1n) is 8.03. The lowest BCUT2D eigenvalue weighted by Crippen LogP contribution is -2.35.